The number of aromatic amines is 1. The summed E-state index contributed by atoms with van der Waals surface area (Å²) in [6.07, 6.45) is 3.41. The Balaban J connectivity index is 1.63. The molecule has 1 saturated heterocycles. The number of piperazine rings is 1. The highest BCUT2D eigenvalue weighted by molar-refractivity contribution is 6.33. The molecule has 3 rings (SSSR count). The minimum Gasteiger partial charge on any atom is -0.367 e. The average molecular weight is 318 g/mol. The van der Waals surface area contributed by atoms with E-state index in [0.29, 0.717) is 42.3 Å². The fourth-order valence-electron chi connectivity index (χ4n) is 2.56. The van der Waals surface area contributed by atoms with Crippen LogP contribution in [0.5, 0.6) is 0 Å². The molecule has 1 aromatic heterocycles. The van der Waals surface area contributed by atoms with Crippen LogP contribution in [0.1, 0.15) is 20.7 Å². The van der Waals surface area contributed by atoms with Gasteiger partial charge >= 0.3 is 0 Å². The molecule has 0 saturated carbocycles. The van der Waals surface area contributed by atoms with Gasteiger partial charge in [-0.1, -0.05) is 23.7 Å². The van der Waals surface area contributed by atoms with E-state index in [1.54, 1.807) is 52.5 Å². The molecule has 5 nitrogen and oxygen atoms in total. The summed E-state index contributed by atoms with van der Waals surface area (Å²) in [6, 6.07) is 8.78. The molecular formula is C16H16ClN3O2. The van der Waals surface area contributed by atoms with Crippen LogP contribution in [-0.2, 0) is 0 Å². The van der Waals surface area contributed by atoms with Gasteiger partial charge in [0.1, 0.15) is 0 Å². The largest absolute Gasteiger partial charge is 0.367 e. The number of carbonyl (C=O) groups excluding carboxylic acids is 2. The summed E-state index contributed by atoms with van der Waals surface area (Å²) in [7, 11) is 0. The van der Waals surface area contributed by atoms with E-state index < -0.39 is 0 Å². The van der Waals surface area contributed by atoms with E-state index in [1.807, 2.05) is 0 Å². The smallest absolute Gasteiger partial charge is 0.255 e. The molecule has 2 amide bonds. The Bertz CT molecular complexity index is 676. The quantitative estimate of drug-likeness (QED) is 0.923. The van der Waals surface area contributed by atoms with E-state index in [1.165, 1.54) is 0 Å². The maximum atomic E-state index is 12.5. The lowest BCUT2D eigenvalue weighted by atomic mass is 10.1. The first-order valence-electron chi connectivity index (χ1n) is 7.12. The Morgan fingerprint density at radius 3 is 2.18 bits per heavy atom. The van der Waals surface area contributed by atoms with Crippen LogP contribution in [0.2, 0.25) is 5.02 Å². The van der Waals surface area contributed by atoms with Gasteiger partial charge in [0, 0.05) is 38.6 Å². The molecule has 1 aliphatic heterocycles. The SMILES string of the molecule is O=C(c1cc[nH]c1)N1CCN(C(=O)c2ccccc2Cl)CC1. The Morgan fingerprint density at radius 2 is 1.59 bits per heavy atom. The van der Waals surface area contributed by atoms with Crippen molar-refractivity contribution in [2.75, 3.05) is 26.2 Å². The van der Waals surface area contributed by atoms with Crippen molar-refractivity contribution in [2.45, 2.75) is 0 Å². The molecule has 1 aromatic carbocycles. The highest BCUT2D eigenvalue weighted by Gasteiger charge is 2.26. The van der Waals surface area contributed by atoms with Crippen molar-refractivity contribution in [3.8, 4) is 0 Å². The molecule has 1 aliphatic rings. The number of H-pyrrole nitrogens is 1. The summed E-state index contributed by atoms with van der Waals surface area (Å²) in [4.78, 5) is 31.1. The second-order valence-corrected chi connectivity index (χ2v) is 5.57. The molecule has 0 bridgehead atoms. The van der Waals surface area contributed by atoms with Crippen LogP contribution >= 0.6 is 11.6 Å². The van der Waals surface area contributed by atoms with E-state index in [0.717, 1.165) is 0 Å². The average Bonchev–Trinajstić information content (AvgIpc) is 3.09. The minimum atomic E-state index is -0.0839. The highest BCUT2D eigenvalue weighted by Crippen LogP contribution is 2.18. The predicted molar refractivity (Wildman–Crippen MR) is 84.1 cm³/mol. The van der Waals surface area contributed by atoms with Crippen LogP contribution in [0.4, 0.5) is 0 Å². The molecule has 114 valence electrons. The molecule has 1 N–H and O–H groups in total. The topological polar surface area (TPSA) is 56.4 Å². The van der Waals surface area contributed by atoms with Crippen LogP contribution in [0.3, 0.4) is 0 Å². The van der Waals surface area contributed by atoms with E-state index in [9.17, 15) is 9.59 Å². The maximum Gasteiger partial charge on any atom is 0.255 e. The van der Waals surface area contributed by atoms with Gasteiger partial charge in [-0.3, -0.25) is 9.59 Å². The van der Waals surface area contributed by atoms with E-state index in [4.69, 9.17) is 11.6 Å². The normalized spacial score (nSPS) is 15.0. The van der Waals surface area contributed by atoms with E-state index in [-0.39, 0.29) is 11.8 Å². The van der Waals surface area contributed by atoms with Crippen LogP contribution in [-0.4, -0.2) is 52.8 Å². The summed E-state index contributed by atoms with van der Waals surface area (Å²) in [5.74, 6) is -0.0922. The number of aromatic nitrogens is 1. The predicted octanol–water partition coefficient (Wildman–Crippen LogP) is 2.27. The molecule has 0 radical (unpaired) electrons. The van der Waals surface area contributed by atoms with Crippen molar-refractivity contribution in [3.05, 3.63) is 58.9 Å². The molecule has 1 fully saturated rings. The number of carbonyl (C=O) groups is 2. The summed E-state index contributed by atoms with van der Waals surface area (Å²) >= 11 is 6.07. The third-order valence-corrected chi connectivity index (χ3v) is 4.13. The van der Waals surface area contributed by atoms with Gasteiger partial charge in [0.25, 0.3) is 11.8 Å². The molecular weight excluding hydrogens is 302 g/mol. The summed E-state index contributed by atoms with van der Waals surface area (Å²) in [5, 5.41) is 0.457. The Labute approximate surface area is 133 Å². The van der Waals surface area contributed by atoms with E-state index in [2.05, 4.69) is 4.98 Å². The van der Waals surface area contributed by atoms with Gasteiger partial charge in [-0.2, -0.15) is 0 Å². The molecule has 0 spiro atoms. The van der Waals surface area contributed by atoms with Crippen molar-refractivity contribution >= 4 is 23.4 Å². The van der Waals surface area contributed by atoms with Gasteiger partial charge in [0.2, 0.25) is 0 Å². The first kappa shape index (κ1) is 14.7. The molecule has 2 aromatic rings. The summed E-state index contributed by atoms with van der Waals surface area (Å²) < 4.78 is 0. The molecule has 2 heterocycles. The lowest BCUT2D eigenvalue weighted by molar-refractivity contribution is 0.0535. The Hall–Kier alpha value is -2.27. The number of amides is 2. The van der Waals surface area contributed by atoms with Gasteiger partial charge in [-0.15, -0.1) is 0 Å². The highest BCUT2D eigenvalue weighted by atomic mass is 35.5. The summed E-state index contributed by atoms with van der Waals surface area (Å²) in [6.45, 7) is 2.08. The van der Waals surface area contributed by atoms with Crippen molar-refractivity contribution in [2.24, 2.45) is 0 Å². The number of nitrogens with one attached hydrogen (secondary N) is 1. The Kier molecular flexibility index (Phi) is 4.15. The van der Waals surface area contributed by atoms with E-state index >= 15 is 0 Å². The minimum absolute atomic E-state index is 0.00825. The van der Waals surface area contributed by atoms with Gasteiger partial charge < -0.3 is 14.8 Å². The van der Waals surface area contributed by atoms with Gasteiger partial charge in [-0.05, 0) is 18.2 Å². The molecule has 0 unspecified atom stereocenters. The number of halogens is 1. The zero-order chi connectivity index (χ0) is 15.5. The van der Waals surface area contributed by atoms with Crippen LogP contribution in [0.25, 0.3) is 0 Å². The first-order valence-corrected chi connectivity index (χ1v) is 7.50. The molecule has 0 atom stereocenters. The lowest BCUT2D eigenvalue weighted by Crippen LogP contribution is -2.50. The second kappa shape index (κ2) is 6.23. The molecule has 6 heteroatoms. The fourth-order valence-corrected chi connectivity index (χ4v) is 2.77. The third kappa shape index (κ3) is 2.85. The standard InChI is InChI=1S/C16H16ClN3O2/c17-14-4-2-1-3-13(14)16(22)20-9-7-19(8-10-20)15(21)12-5-6-18-11-12/h1-6,11,18H,7-10H2. The fraction of sp³-hybridized carbons (Fsp3) is 0.250. The van der Waals surface area contributed by atoms with Crippen LogP contribution < -0.4 is 0 Å². The molecule has 22 heavy (non-hydrogen) atoms. The number of hydrogen-bond acceptors (Lipinski definition) is 2. The van der Waals surface area contributed by atoms with Gasteiger partial charge in [0.05, 0.1) is 16.1 Å². The lowest BCUT2D eigenvalue weighted by Gasteiger charge is -2.34. The molecule has 0 aliphatic carbocycles. The third-order valence-electron chi connectivity index (χ3n) is 3.80. The zero-order valence-corrected chi connectivity index (χ0v) is 12.7. The van der Waals surface area contributed by atoms with Gasteiger partial charge in [0.15, 0.2) is 0 Å². The summed E-state index contributed by atoms with van der Waals surface area (Å²) in [5.41, 5.74) is 1.15. The number of hydrogen-bond donors (Lipinski definition) is 1. The van der Waals surface area contributed by atoms with Crippen molar-refractivity contribution in [3.63, 3.8) is 0 Å². The van der Waals surface area contributed by atoms with Crippen LogP contribution in [0.15, 0.2) is 42.7 Å². The van der Waals surface area contributed by atoms with Crippen LogP contribution in [0, 0.1) is 0 Å². The van der Waals surface area contributed by atoms with Gasteiger partial charge in [-0.25, -0.2) is 0 Å². The second-order valence-electron chi connectivity index (χ2n) is 5.16. The maximum absolute atomic E-state index is 12.5. The van der Waals surface area contributed by atoms with Crippen molar-refractivity contribution < 1.29 is 9.59 Å². The number of rotatable bonds is 2. The number of nitrogens with zero attached hydrogens (tertiary/aromatic N) is 2. The first-order chi connectivity index (χ1) is 10.7. The number of benzene rings is 1. The Morgan fingerprint density at radius 1 is 0.955 bits per heavy atom. The van der Waals surface area contributed by atoms with Crippen molar-refractivity contribution in [1.82, 2.24) is 14.8 Å². The monoisotopic (exact) mass is 317 g/mol. The zero-order valence-electron chi connectivity index (χ0n) is 12.0. The van der Waals surface area contributed by atoms with Crippen molar-refractivity contribution in [1.29, 1.82) is 0 Å².